The molecule has 2 aromatic carbocycles. The van der Waals surface area contributed by atoms with Gasteiger partial charge in [-0.3, -0.25) is 0 Å². The van der Waals surface area contributed by atoms with E-state index in [9.17, 15) is 0 Å². The van der Waals surface area contributed by atoms with Gasteiger partial charge < -0.3 is 0 Å². The molecule has 0 amide bonds. The van der Waals surface area contributed by atoms with Gasteiger partial charge in [-0.2, -0.15) is 0 Å². The van der Waals surface area contributed by atoms with E-state index in [-0.39, 0.29) is 6.04 Å². The average Bonchev–Trinajstić information content (AvgIpc) is 2.55. The van der Waals surface area contributed by atoms with Crippen LogP contribution in [-0.2, 0) is 6.42 Å². The molecule has 0 aromatic heterocycles. The first-order valence-electron chi connectivity index (χ1n) is 7.75. The van der Waals surface area contributed by atoms with E-state index in [2.05, 4.69) is 65.6 Å². The van der Waals surface area contributed by atoms with Crippen LogP contribution >= 0.6 is 0 Å². The summed E-state index contributed by atoms with van der Waals surface area (Å²) in [4.78, 5) is 3.05. The predicted molar refractivity (Wildman–Crippen MR) is 96.1 cm³/mol. The molecule has 0 fully saturated rings. The highest BCUT2D eigenvalue weighted by molar-refractivity contribution is 6.89. The molecule has 4 heteroatoms. The van der Waals surface area contributed by atoms with E-state index in [4.69, 9.17) is 5.53 Å². The van der Waals surface area contributed by atoms with Crippen molar-refractivity contribution in [3.63, 3.8) is 0 Å². The lowest BCUT2D eigenvalue weighted by Crippen LogP contribution is -2.41. The molecule has 0 saturated heterocycles. The summed E-state index contributed by atoms with van der Waals surface area (Å²) in [5, 5.41) is 5.49. The highest BCUT2D eigenvalue weighted by Crippen LogP contribution is 2.18. The molecular weight excluding hydrogens is 286 g/mol. The Hall–Kier alpha value is -2.03. The van der Waals surface area contributed by atoms with E-state index >= 15 is 0 Å². The fourth-order valence-corrected chi connectivity index (χ4v) is 5.16. The lowest BCUT2D eigenvalue weighted by atomic mass is 10.1. The molecule has 22 heavy (non-hydrogen) atoms. The Labute approximate surface area is 133 Å². The first-order valence-corrected chi connectivity index (χ1v) is 11.0. The van der Waals surface area contributed by atoms with Crippen LogP contribution in [0.3, 0.4) is 0 Å². The van der Waals surface area contributed by atoms with Gasteiger partial charge in [0, 0.05) is 11.0 Å². The molecule has 0 aliphatic heterocycles. The second kappa shape index (κ2) is 7.83. The maximum absolute atomic E-state index is 8.83. The summed E-state index contributed by atoms with van der Waals surface area (Å²) < 4.78 is 0. The van der Waals surface area contributed by atoms with Gasteiger partial charge in [-0.05, 0) is 23.9 Å². The number of hydrogen-bond donors (Lipinski definition) is 0. The van der Waals surface area contributed by atoms with Crippen LogP contribution in [-0.4, -0.2) is 14.1 Å². The van der Waals surface area contributed by atoms with E-state index in [1.165, 1.54) is 10.8 Å². The van der Waals surface area contributed by atoms with Crippen LogP contribution in [0.15, 0.2) is 65.8 Å². The lowest BCUT2D eigenvalue weighted by Gasteiger charge is -2.24. The molecule has 114 valence electrons. The van der Waals surface area contributed by atoms with Crippen molar-refractivity contribution >= 4 is 13.3 Å². The van der Waals surface area contributed by atoms with Gasteiger partial charge >= 0.3 is 0 Å². The van der Waals surface area contributed by atoms with Crippen molar-refractivity contribution in [3.8, 4) is 0 Å². The minimum atomic E-state index is -1.47. The number of rotatable bonds is 7. The van der Waals surface area contributed by atoms with Gasteiger partial charge in [0.2, 0.25) is 0 Å². The van der Waals surface area contributed by atoms with Crippen molar-refractivity contribution in [2.24, 2.45) is 5.11 Å². The summed E-state index contributed by atoms with van der Waals surface area (Å²) in [6.07, 6.45) is 1.78. The standard InChI is InChI=1S/C18H23N3Si/c1-22(2,18-11-7-4-8-12-18)14-13-17(20-21-19)15-16-9-5-3-6-10-16/h3-12,17H,13-15H2,1-2H3. The van der Waals surface area contributed by atoms with Crippen molar-refractivity contribution in [1.82, 2.24) is 0 Å². The summed E-state index contributed by atoms with van der Waals surface area (Å²) in [7, 11) is -1.47. The summed E-state index contributed by atoms with van der Waals surface area (Å²) in [6, 6.07) is 22.2. The van der Waals surface area contributed by atoms with Crippen LogP contribution in [0.1, 0.15) is 12.0 Å². The zero-order chi connectivity index (χ0) is 15.8. The number of azide groups is 1. The summed E-state index contributed by atoms with van der Waals surface area (Å²) in [6.45, 7) is 4.77. The quantitative estimate of drug-likeness (QED) is 0.302. The van der Waals surface area contributed by atoms with E-state index in [1.54, 1.807) is 0 Å². The summed E-state index contributed by atoms with van der Waals surface area (Å²) in [5.74, 6) is 0. The number of nitrogens with zero attached hydrogens (tertiary/aromatic N) is 3. The Morgan fingerprint density at radius 3 is 2.18 bits per heavy atom. The lowest BCUT2D eigenvalue weighted by molar-refractivity contribution is 0.637. The monoisotopic (exact) mass is 309 g/mol. The normalized spacial score (nSPS) is 12.5. The highest BCUT2D eigenvalue weighted by atomic mass is 28.3. The Morgan fingerprint density at radius 2 is 1.59 bits per heavy atom. The van der Waals surface area contributed by atoms with Crippen molar-refractivity contribution in [3.05, 3.63) is 76.7 Å². The molecule has 0 radical (unpaired) electrons. The smallest absolute Gasteiger partial charge is 0.0806 e. The zero-order valence-corrected chi connectivity index (χ0v) is 14.3. The molecule has 0 bridgehead atoms. The van der Waals surface area contributed by atoms with E-state index in [0.29, 0.717) is 0 Å². The van der Waals surface area contributed by atoms with Crippen molar-refractivity contribution < 1.29 is 0 Å². The Bertz CT molecular complexity index is 619. The molecule has 1 unspecified atom stereocenters. The van der Waals surface area contributed by atoms with E-state index < -0.39 is 8.07 Å². The number of hydrogen-bond acceptors (Lipinski definition) is 1. The third kappa shape index (κ3) is 4.76. The maximum Gasteiger partial charge on any atom is 0.0806 e. The fraction of sp³-hybridized carbons (Fsp3) is 0.333. The van der Waals surface area contributed by atoms with Gasteiger partial charge in [0.15, 0.2) is 0 Å². The van der Waals surface area contributed by atoms with Gasteiger partial charge in [-0.25, -0.2) is 0 Å². The summed E-state index contributed by atoms with van der Waals surface area (Å²) >= 11 is 0. The predicted octanol–water partition coefficient (Wildman–Crippen LogP) is 4.91. The topological polar surface area (TPSA) is 48.8 Å². The fourth-order valence-electron chi connectivity index (χ4n) is 2.72. The van der Waals surface area contributed by atoms with Crippen molar-refractivity contribution in [2.75, 3.05) is 0 Å². The highest BCUT2D eigenvalue weighted by Gasteiger charge is 2.24. The molecular formula is C18H23N3Si. The molecule has 0 aliphatic rings. The van der Waals surface area contributed by atoms with Gasteiger partial charge in [-0.15, -0.1) is 0 Å². The second-order valence-electron chi connectivity index (χ2n) is 6.34. The van der Waals surface area contributed by atoms with Gasteiger partial charge in [-0.1, -0.05) is 90.1 Å². The second-order valence-corrected chi connectivity index (χ2v) is 11.2. The van der Waals surface area contributed by atoms with E-state index in [0.717, 1.165) is 18.9 Å². The van der Waals surface area contributed by atoms with Crippen LogP contribution in [0.4, 0.5) is 0 Å². The maximum atomic E-state index is 8.83. The third-order valence-electron chi connectivity index (χ3n) is 4.19. The molecule has 2 aromatic rings. The Balaban J connectivity index is 2.01. The van der Waals surface area contributed by atoms with Crippen LogP contribution in [0.5, 0.6) is 0 Å². The minimum absolute atomic E-state index is 0.0443. The molecule has 2 rings (SSSR count). The molecule has 1 atom stereocenters. The van der Waals surface area contributed by atoms with Crippen LogP contribution in [0, 0.1) is 0 Å². The summed E-state index contributed by atoms with van der Waals surface area (Å²) in [5.41, 5.74) is 10.1. The Kier molecular flexibility index (Phi) is 5.81. The largest absolute Gasteiger partial charge is 0.0903 e. The molecule has 0 N–H and O–H groups in total. The first kappa shape index (κ1) is 16.3. The average molecular weight is 309 g/mol. The van der Waals surface area contributed by atoms with Crippen molar-refractivity contribution in [2.45, 2.75) is 38.0 Å². The Morgan fingerprint density at radius 1 is 1.00 bits per heavy atom. The van der Waals surface area contributed by atoms with Gasteiger partial charge in [0.05, 0.1) is 8.07 Å². The van der Waals surface area contributed by atoms with Crippen LogP contribution in [0.25, 0.3) is 10.4 Å². The molecule has 0 saturated carbocycles. The molecule has 0 heterocycles. The van der Waals surface area contributed by atoms with Crippen molar-refractivity contribution in [1.29, 1.82) is 0 Å². The first-order chi connectivity index (χ1) is 10.6. The van der Waals surface area contributed by atoms with Gasteiger partial charge in [0.25, 0.3) is 0 Å². The van der Waals surface area contributed by atoms with Crippen LogP contribution in [0.2, 0.25) is 19.1 Å². The van der Waals surface area contributed by atoms with E-state index in [1.807, 2.05) is 18.2 Å². The van der Waals surface area contributed by atoms with Gasteiger partial charge in [0.1, 0.15) is 0 Å². The molecule has 0 aliphatic carbocycles. The SMILES string of the molecule is C[Si](C)(CCC(Cc1ccccc1)N=[N+]=[N-])c1ccccc1. The molecule has 0 spiro atoms. The molecule has 3 nitrogen and oxygen atoms in total. The zero-order valence-electron chi connectivity index (χ0n) is 13.3. The number of benzene rings is 2. The minimum Gasteiger partial charge on any atom is -0.0903 e. The third-order valence-corrected chi connectivity index (χ3v) is 7.62. The van der Waals surface area contributed by atoms with Crippen LogP contribution < -0.4 is 5.19 Å².